The maximum atomic E-state index is 12.7. The Bertz CT molecular complexity index is 515. The molecule has 1 fully saturated rings. The largest absolute Gasteiger partial charge is 0.394 e. The van der Waals surface area contributed by atoms with Crippen LogP contribution in [0.3, 0.4) is 0 Å². The first-order chi connectivity index (χ1) is 9.77. The Morgan fingerprint density at radius 1 is 1.40 bits per heavy atom. The average molecular weight is 293 g/mol. The molecule has 1 aliphatic rings. The Labute approximate surface area is 123 Å². The molecule has 1 atom stereocenters. The molecule has 1 aromatic heterocycles. The lowest BCUT2D eigenvalue weighted by molar-refractivity contribution is 0.0604. The van der Waals surface area contributed by atoms with Gasteiger partial charge >= 0.3 is 0 Å². The number of aliphatic hydroxyl groups excluding tert-OH is 2. The minimum absolute atomic E-state index is 0.00870. The third kappa shape index (κ3) is 3.40. The number of hydrogen-bond acceptors (Lipinski definition) is 4. The standard InChI is InChI=1S/C15H19NO3S/c17-9-4-5-12-7-10-20-14(12)15(19)16-8-3-1-2-6-13(16)11-18/h7,10,13,17-18H,1-3,6,8-9,11H2. The van der Waals surface area contributed by atoms with E-state index in [4.69, 9.17) is 5.11 Å². The molecule has 2 N–H and O–H groups in total. The summed E-state index contributed by atoms with van der Waals surface area (Å²) in [6.07, 6.45) is 3.98. The van der Waals surface area contributed by atoms with Gasteiger partial charge in [0, 0.05) is 12.1 Å². The fourth-order valence-electron chi connectivity index (χ4n) is 2.47. The fourth-order valence-corrected chi connectivity index (χ4v) is 3.28. The molecule has 0 bridgehead atoms. The van der Waals surface area contributed by atoms with Crippen LogP contribution in [-0.2, 0) is 0 Å². The number of rotatable bonds is 2. The molecule has 5 heteroatoms. The molecule has 1 unspecified atom stereocenters. The normalized spacial score (nSPS) is 19.1. The van der Waals surface area contributed by atoms with E-state index in [1.54, 1.807) is 11.0 Å². The van der Waals surface area contributed by atoms with Crippen LogP contribution in [0.2, 0.25) is 0 Å². The van der Waals surface area contributed by atoms with Crippen molar-refractivity contribution in [3.63, 3.8) is 0 Å². The first-order valence-electron chi connectivity index (χ1n) is 6.87. The third-order valence-corrected chi connectivity index (χ3v) is 4.41. The summed E-state index contributed by atoms with van der Waals surface area (Å²) in [4.78, 5) is 15.0. The summed E-state index contributed by atoms with van der Waals surface area (Å²) >= 11 is 1.36. The van der Waals surface area contributed by atoms with E-state index in [9.17, 15) is 9.90 Å². The van der Waals surface area contributed by atoms with Crippen LogP contribution in [-0.4, -0.2) is 46.8 Å². The van der Waals surface area contributed by atoms with E-state index in [-0.39, 0.29) is 25.2 Å². The monoisotopic (exact) mass is 293 g/mol. The zero-order valence-electron chi connectivity index (χ0n) is 11.3. The van der Waals surface area contributed by atoms with Crippen LogP contribution < -0.4 is 0 Å². The molecule has 4 nitrogen and oxygen atoms in total. The molecule has 2 rings (SSSR count). The van der Waals surface area contributed by atoms with E-state index in [1.165, 1.54) is 11.3 Å². The van der Waals surface area contributed by atoms with E-state index in [0.717, 1.165) is 25.7 Å². The molecular formula is C15H19NO3S. The lowest BCUT2D eigenvalue weighted by Gasteiger charge is -2.28. The molecule has 1 amide bonds. The molecule has 108 valence electrons. The topological polar surface area (TPSA) is 60.8 Å². The van der Waals surface area contributed by atoms with E-state index < -0.39 is 0 Å². The summed E-state index contributed by atoms with van der Waals surface area (Å²) in [6.45, 7) is 0.482. The van der Waals surface area contributed by atoms with Gasteiger partial charge in [-0.2, -0.15) is 0 Å². The van der Waals surface area contributed by atoms with Crippen LogP contribution in [0.4, 0.5) is 0 Å². The summed E-state index contributed by atoms with van der Waals surface area (Å²) < 4.78 is 0. The van der Waals surface area contributed by atoms with Gasteiger partial charge in [-0.15, -0.1) is 11.3 Å². The van der Waals surface area contributed by atoms with Gasteiger partial charge in [0.25, 0.3) is 5.91 Å². The summed E-state index contributed by atoms with van der Waals surface area (Å²) in [5, 5.41) is 20.1. The highest BCUT2D eigenvalue weighted by molar-refractivity contribution is 7.12. The molecule has 1 aliphatic heterocycles. The van der Waals surface area contributed by atoms with Gasteiger partial charge in [0.05, 0.1) is 12.6 Å². The molecule has 2 heterocycles. The van der Waals surface area contributed by atoms with Crippen molar-refractivity contribution in [3.8, 4) is 11.8 Å². The maximum Gasteiger partial charge on any atom is 0.265 e. The number of carbonyl (C=O) groups excluding carboxylic acids is 1. The average Bonchev–Trinajstić information content (AvgIpc) is 2.80. The highest BCUT2D eigenvalue weighted by atomic mass is 32.1. The number of aliphatic hydroxyl groups is 2. The zero-order valence-corrected chi connectivity index (χ0v) is 12.2. The van der Waals surface area contributed by atoms with Crippen molar-refractivity contribution in [2.45, 2.75) is 31.7 Å². The van der Waals surface area contributed by atoms with Crippen LogP contribution in [0, 0.1) is 11.8 Å². The number of thiophene rings is 1. The van der Waals surface area contributed by atoms with Gasteiger partial charge in [0.1, 0.15) is 11.5 Å². The number of likely N-dealkylation sites (tertiary alicyclic amines) is 1. The molecule has 0 spiro atoms. The second kappa shape index (κ2) is 7.44. The van der Waals surface area contributed by atoms with E-state index >= 15 is 0 Å². The zero-order chi connectivity index (χ0) is 14.4. The minimum Gasteiger partial charge on any atom is -0.394 e. The van der Waals surface area contributed by atoms with Crippen LogP contribution in [0.5, 0.6) is 0 Å². The molecule has 0 aromatic carbocycles. The van der Waals surface area contributed by atoms with Crippen LogP contribution in [0.1, 0.15) is 40.9 Å². The Kier molecular flexibility index (Phi) is 5.60. The van der Waals surface area contributed by atoms with Gasteiger partial charge in [-0.3, -0.25) is 4.79 Å². The Morgan fingerprint density at radius 2 is 2.25 bits per heavy atom. The van der Waals surface area contributed by atoms with Gasteiger partial charge < -0.3 is 15.1 Å². The SMILES string of the molecule is O=C(c1sccc1C#CCO)N1CCCCCC1CO. The summed E-state index contributed by atoms with van der Waals surface area (Å²) in [6, 6.07) is 1.71. The van der Waals surface area contributed by atoms with Crippen LogP contribution in [0.25, 0.3) is 0 Å². The van der Waals surface area contributed by atoms with Crippen LogP contribution in [0.15, 0.2) is 11.4 Å². The quantitative estimate of drug-likeness (QED) is 0.812. The van der Waals surface area contributed by atoms with Crippen molar-refractivity contribution < 1.29 is 15.0 Å². The van der Waals surface area contributed by atoms with Crippen LogP contribution >= 0.6 is 11.3 Å². The van der Waals surface area contributed by atoms with E-state index in [0.29, 0.717) is 17.0 Å². The van der Waals surface area contributed by atoms with Gasteiger partial charge in [0.2, 0.25) is 0 Å². The van der Waals surface area contributed by atoms with Crippen molar-refractivity contribution in [1.29, 1.82) is 0 Å². The molecule has 0 radical (unpaired) electrons. The fraction of sp³-hybridized carbons (Fsp3) is 0.533. The van der Waals surface area contributed by atoms with Gasteiger partial charge in [-0.1, -0.05) is 24.7 Å². The van der Waals surface area contributed by atoms with E-state index in [2.05, 4.69) is 11.8 Å². The van der Waals surface area contributed by atoms with Crippen molar-refractivity contribution >= 4 is 17.2 Å². The molecule has 0 saturated carbocycles. The van der Waals surface area contributed by atoms with Crippen molar-refractivity contribution in [3.05, 3.63) is 21.9 Å². The van der Waals surface area contributed by atoms with Crippen molar-refractivity contribution in [1.82, 2.24) is 4.90 Å². The molecule has 20 heavy (non-hydrogen) atoms. The number of nitrogens with zero attached hydrogens (tertiary/aromatic N) is 1. The lowest BCUT2D eigenvalue weighted by atomic mass is 10.1. The Morgan fingerprint density at radius 3 is 3.00 bits per heavy atom. The first-order valence-corrected chi connectivity index (χ1v) is 7.75. The molecular weight excluding hydrogens is 274 g/mol. The van der Waals surface area contributed by atoms with Crippen molar-refractivity contribution in [2.75, 3.05) is 19.8 Å². The number of carbonyl (C=O) groups is 1. The second-order valence-electron chi connectivity index (χ2n) is 4.81. The summed E-state index contributed by atoms with van der Waals surface area (Å²) in [5.74, 6) is 5.34. The van der Waals surface area contributed by atoms with E-state index in [1.807, 2.05) is 5.38 Å². The highest BCUT2D eigenvalue weighted by Gasteiger charge is 2.27. The summed E-state index contributed by atoms with van der Waals surface area (Å²) in [7, 11) is 0. The predicted octanol–water partition coefficient (Wildman–Crippen LogP) is 1.47. The van der Waals surface area contributed by atoms with Gasteiger partial charge in [-0.25, -0.2) is 0 Å². The smallest absolute Gasteiger partial charge is 0.265 e. The minimum atomic E-state index is -0.216. The number of hydrogen-bond donors (Lipinski definition) is 2. The van der Waals surface area contributed by atoms with Gasteiger partial charge in [0.15, 0.2) is 0 Å². The lowest BCUT2D eigenvalue weighted by Crippen LogP contribution is -2.42. The first kappa shape index (κ1) is 15.0. The van der Waals surface area contributed by atoms with Gasteiger partial charge in [-0.05, 0) is 24.3 Å². The number of amides is 1. The van der Waals surface area contributed by atoms with Crippen molar-refractivity contribution in [2.24, 2.45) is 0 Å². The summed E-state index contributed by atoms with van der Waals surface area (Å²) in [5.41, 5.74) is 0.662. The predicted molar refractivity (Wildman–Crippen MR) is 78.7 cm³/mol. The maximum absolute atomic E-state index is 12.7. The molecule has 0 aliphatic carbocycles. The molecule has 1 aromatic rings. The Hall–Kier alpha value is -1.35. The second-order valence-corrected chi connectivity index (χ2v) is 5.72. The third-order valence-electron chi connectivity index (χ3n) is 3.51. The Balaban J connectivity index is 2.22. The highest BCUT2D eigenvalue weighted by Crippen LogP contribution is 2.23. The molecule has 1 saturated heterocycles.